The van der Waals surface area contributed by atoms with Gasteiger partial charge in [0, 0.05) is 0 Å². The van der Waals surface area contributed by atoms with E-state index in [1.807, 2.05) is 6.92 Å². The molecule has 13 heavy (non-hydrogen) atoms. The van der Waals surface area contributed by atoms with Crippen LogP contribution < -0.4 is 0 Å². The molecule has 1 unspecified atom stereocenters. The van der Waals surface area contributed by atoms with Crippen LogP contribution in [0.1, 0.15) is 46.5 Å². The first-order valence-corrected chi connectivity index (χ1v) is 5.22. The van der Waals surface area contributed by atoms with Crippen LogP contribution in [0.3, 0.4) is 0 Å². The van der Waals surface area contributed by atoms with Crippen molar-refractivity contribution in [2.45, 2.75) is 46.5 Å². The second-order valence-electron chi connectivity index (χ2n) is 4.82. The van der Waals surface area contributed by atoms with Gasteiger partial charge in [-0.25, -0.2) is 0 Å². The van der Waals surface area contributed by atoms with E-state index in [0.717, 1.165) is 19.3 Å². The van der Waals surface area contributed by atoms with Gasteiger partial charge in [-0.05, 0) is 31.6 Å². The maximum Gasteiger partial charge on any atom is 0.309 e. The van der Waals surface area contributed by atoms with E-state index in [0.29, 0.717) is 11.8 Å². The Morgan fingerprint density at radius 3 is 2.46 bits per heavy atom. The molecule has 1 aliphatic rings. The molecule has 0 aromatic rings. The Bertz CT molecular complexity index is 198. The van der Waals surface area contributed by atoms with E-state index in [2.05, 4.69) is 13.8 Å². The van der Waals surface area contributed by atoms with Gasteiger partial charge >= 0.3 is 5.97 Å². The van der Waals surface area contributed by atoms with Gasteiger partial charge in [0.15, 0.2) is 0 Å². The van der Waals surface area contributed by atoms with E-state index >= 15 is 0 Å². The summed E-state index contributed by atoms with van der Waals surface area (Å²) in [5.41, 5.74) is -0.466. The average molecular weight is 184 g/mol. The lowest BCUT2D eigenvalue weighted by molar-refractivity contribution is -0.155. The van der Waals surface area contributed by atoms with Crippen molar-refractivity contribution < 1.29 is 9.90 Å². The third-order valence-electron chi connectivity index (χ3n) is 3.57. The van der Waals surface area contributed by atoms with Gasteiger partial charge < -0.3 is 5.11 Å². The van der Waals surface area contributed by atoms with Crippen LogP contribution >= 0.6 is 0 Å². The largest absolute Gasteiger partial charge is 0.481 e. The molecular weight excluding hydrogens is 164 g/mol. The van der Waals surface area contributed by atoms with E-state index < -0.39 is 11.4 Å². The van der Waals surface area contributed by atoms with Crippen LogP contribution in [0.5, 0.6) is 0 Å². The van der Waals surface area contributed by atoms with Crippen LogP contribution in [-0.2, 0) is 4.79 Å². The summed E-state index contributed by atoms with van der Waals surface area (Å²) in [5.74, 6) is 0.242. The highest BCUT2D eigenvalue weighted by atomic mass is 16.4. The summed E-state index contributed by atoms with van der Waals surface area (Å²) in [7, 11) is 0. The fourth-order valence-electron chi connectivity index (χ4n) is 2.70. The van der Waals surface area contributed by atoms with Crippen LogP contribution in [0.25, 0.3) is 0 Å². The third kappa shape index (κ3) is 1.87. The van der Waals surface area contributed by atoms with E-state index in [9.17, 15) is 9.90 Å². The number of hydrogen-bond acceptors (Lipinski definition) is 1. The fraction of sp³-hybridized carbons (Fsp3) is 0.909. The summed E-state index contributed by atoms with van der Waals surface area (Å²) in [5, 5.41) is 9.22. The topological polar surface area (TPSA) is 37.3 Å². The van der Waals surface area contributed by atoms with Gasteiger partial charge in [0.05, 0.1) is 5.41 Å². The zero-order valence-electron chi connectivity index (χ0n) is 8.84. The molecule has 1 fully saturated rings. The van der Waals surface area contributed by atoms with Crippen molar-refractivity contribution in [3.05, 3.63) is 0 Å². The Morgan fingerprint density at radius 2 is 2.08 bits per heavy atom. The third-order valence-corrected chi connectivity index (χ3v) is 3.57. The fourth-order valence-corrected chi connectivity index (χ4v) is 2.70. The molecule has 1 saturated carbocycles. The molecule has 1 rings (SSSR count). The molecule has 0 radical (unpaired) electrons. The van der Waals surface area contributed by atoms with Crippen molar-refractivity contribution in [1.82, 2.24) is 0 Å². The van der Waals surface area contributed by atoms with Crippen molar-refractivity contribution in [1.29, 1.82) is 0 Å². The minimum Gasteiger partial charge on any atom is -0.481 e. The summed E-state index contributed by atoms with van der Waals surface area (Å²) in [6.45, 7) is 6.19. The first-order chi connectivity index (χ1) is 5.98. The molecule has 0 aromatic carbocycles. The lowest BCUT2D eigenvalue weighted by Crippen LogP contribution is -2.40. The Kier molecular flexibility index (Phi) is 2.99. The van der Waals surface area contributed by atoms with Gasteiger partial charge in [-0.2, -0.15) is 0 Å². The second kappa shape index (κ2) is 3.69. The molecule has 0 bridgehead atoms. The highest BCUT2D eigenvalue weighted by molar-refractivity contribution is 5.74. The molecule has 0 aromatic heterocycles. The van der Waals surface area contributed by atoms with Gasteiger partial charge in [-0.1, -0.05) is 26.7 Å². The molecule has 1 N–H and O–H groups in total. The van der Waals surface area contributed by atoms with Gasteiger partial charge in [-0.15, -0.1) is 0 Å². The van der Waals surface area contributed by atoms with Gasteiger partial charge in [-0.3, -0.25) is 4.79 Å². The van der Waals surface area contributed by atoms with E-state index in [1.165, 1.54) is 6.42 Å². The first kappa shape index (κ1) is 10.6. The van der Waals surface area contributed by atoms with Gasteiger partial charge in [0.2, 0.25) is 0 Å². The highest BCUT2D eigenvalue weighted by Gasteiger charge is 2.43. The second-order valence-corrected chi connectivity index (χ2v) is 4.82. The van der Waals surface area contributed by atoms with Crippen molar-refractivity contribution in [3.8, 4) is 0 Å². The first-order valence-electron chi connectivity index (χ1n) is 5.22. The minimum absolute atomic E-state index is 0.360. The molecule has 2 heteroatoms. The minimum atomic E-state index is -0.606. The average Bonchev–Trinajstić information content (AvgIpc) is 2.04. The molecule has 76 valence electrons. The quantitative estimate of drug-likeness (QED) is 0.716. The van der Waals surface area contributed by atoms with Gasteiger partial charge in [0.25, 0.3) is 0 Å². The standard InChI is InChI=1S/C11H20O2/c1-8(2)9-6-4-5-7-11(9,3)10(12)13/h8-9H,4-7H2,1-3H3,(H,12,13)/t9?,11-/m0/s1. The van der Waals surface area contributed by atoms with Crippen LogP contribution in [0.15, 0.2) is 0 Å². The monoisotopic (exact) mass is 184 g/mol. The predicted octanol–water partition coefficient (Wildman–Crippen LogP) is 2.92. The molecule has 2 nitrogen and oxygen atoms in total. The molecule has 0 heterocycles. The molecule has 0 spiro atoms. The van der Waals surface area contributed by atoms with Crippen LogP contribution in [0.4, 0.5) is 0 Å². The molecule has 1 aliphatic carbocycles. The Labute approximate surface area is 80.3 Å². The zero-order valence-corrected chi connectivity index (χ0v) is 8.84. The lowest BCUT2D eigenvalue weighted by atomic mass is 9.63. The number of aliphatic carboxylic acids is 1. The molecule has 0 saturated heterocycles. The van der Waals surface area contributed by atoms with Crippen molar-refractivity contribution in [3.63, 3.8) is 0 Å². The summed E-state index contributed by atoms with van der Waals surface area (Å²) < 4.78 is 0. The maximum absolute atomic E-state index is 11.2. The van der Waals surface area contributed by atoms with Crippen LogP contribution in [-0.4, -0.2) is 11.1 Å². The number of carbonyl (C=O) groups is 1. The molecular formula is C11H20O2. The van der Waals surface area contributed by atoms with Gasteiger partial charge in [0.1, 0.15) is 0 Å². The van der Waals surface area contributed by atoms with Crippen molar-refractivity contribution in [2.24, 2.45) is 17.3 Å². The Balaban J connectivity index is 2.83. The van der Waals surface area contributed by atoms with E-state index in [1.54, 1.807) is 0 Å². The van der Waals surface area contributed by atoms with Crippen molar-refractivity contribution >= 4 is 5.97 Å². The van der Waals surface area contributed by atoms with E-state index in [-0.39, 0.29) is 0 Å². The summed E-state index contributed by atoms with van der Waals surface area (Å²) >= 11 is 0. The van der Waals surface area contributed by atoms with Crippen molar-refractivity contribution in [2.75, 3.05) is 0 Å². The lowest BCUT2D eigenvalue weighted by Gasteiger charge is -2.40. The Hall–Kier alpha value is -0.530. The highest BCUT2D eigenvalue weighted by Crippen LogP contribution is 2.44. The molecule has 0 aliphatic heterocycles. The summed E-state index contributed by atoms with van der Waals surface area (Å²) in [6, 6.07) is 0. The summed E-state index contributed by atoms with van der Waals surface area (Å²) in [6.07, 6.45) is 4.21. The molecule has 2 atom stereocenters. The predicted molar refractivity (Wildman–Crippen MR) is 52.5 cm³/mol. The number of rotatable bonds is 2. The van der Waals surface area contributed by atoms with E-state index in [4.69, 9.17) is 0 Å². The number of carboxylic acid groups (broad SMARTS) is 1. The maximum atomic E-state index is 11.2. The SMILES string of the molecule is CC(C)C1CCCC[C@]1(C)C(=O)O. The molecule has 0 amide bonds. The summed E-state index contributed by atoms with van der Waals surface area (Å²) in [4.78, 5) is 11.2. The number of carboxylic acids is 1. The van der Waals surface area contributed by atoms with Crippen LogP contribution in [0, 0.1) is 17.3 Å². The zero-order chi connectivity index (χ0) is 10.1. The smallest absolute Gasteiger partial charge is 0.309 e. The van der Waals surface area contributed by atoms with Crippen LogP contribution in [0.2, 0.25) is 0 Å². The number of hydrogen-bond donors (Lipinski definition) is 1. The normalized spacial score (nSPS) is 34.9. The Morgan fingerprint density at radius 1 is 1.46 bits per heavy atom.